The summed E-state index contributed by atoms with van der Waals surface area (Å²) in [5.41, 5.74) is 8.30. The summed E-state index contributed by atoms with van der Waals surface area (Å²) < 4.78 is 12.5. The van der Waals surface area contributed by atoms with Crippen LogP contribution in [0.25, 0.3) is 21.9 Å². The third kappa shape index (κ3) is 5.80. The number of piperazine rings is 1. The predicted molar refractivity (Wildman–Crippen MR) is 153 cm³/mol. The molecule has 2 aromatic heterocycles. The number of aromatic nitrogens is 1. The standard InChI is InChI=1S/C31H31N5O4/c1-31(2,3)40-30(38)36-20-22(25-16-21(19-32)7-9-26(25)36)6-4-5-11-34-12-14-35(15-13-34)24-8-10-27-23(17-24)18-28(39-27)29(33)37/h7-10,16-18,20H,5,11-15H2,1-3H3,(H2,33,37). The first-order valence-corrected chi connectivity index (χ1v) is 13.2. The molecule has 0 bridgehead atoms. The third-order valence-corrected chi connectivity index (χ3v) is 6.78. The van der Waals surface area contributed by atoms with Gasteiger partial charge >= 0.3 is 6.09 Å². The van der Waals surface area contributed by atoms with E-state index in [4.69, 9.17) is 14.9 Å². The van der Waals surface area contributed by atoms with Crippen molar-refractivity contribution >= 4 is 39.6 Å². The average Bonchev–Trinajstić information content (AvgIpc) is 3.52. The predicted octanol–water partition coefficient (Wildman–Crippen LogP) is 4.71. The molecule has 1 aliphatic heterocycles. The molecular weight excluding hydrogens is 506 g/mol. The molecule has 2 aromatic carbocycles. The smallest absolute Gasteiger partial charge is 0.419 e. The molecule has 0 saturated carbocycles. The fraction of sp³-hybridized carbons (Fsp3) is 0.323. The van der Waals surface area contributed by atoms with Crippen LogP contribution in [0.2, 0.25) is 0 Å². The highest BCUT2D eigenvalue weighted by Crippen LogP contribution is 2.26. The van der Waals surface area contributed by atoms with Crippen LogP contribution in [0.1, 0.15) is 48.9 Å². The molecule has 9 heteroatoms. The summed E-state index contributed by atoms with van der Waals surface area (Å²) >= 11 is 0. The van der Waals surface area contributed by atoms with E-state index < -0.39 is 17.6 Å². The lowest BCUT2D eigenvalue weighted by Crippen LogP contribution is -2.46. The Morgan fingerprint density at radius 3 is 2.55 bits per heavy atom. The first-order chi connectivity index (χ1) is 19.1. The van der Waals surface area contributed by atoms with E-state index in [1.165, 1.54) is 4.57 Å². The zero-order valence-electron chi connectivity index (χ0n) is 22.9. The second-order valence-corrected chi connectivity index (χ2v) is 10.8. The van der Waals surface area contributed by atoms with Gasteiger partial charge in [0.05, 0.1) is 22.7 Å². The van der Waals surface area contributed by atoms with Crippen LogP contribution in [0.4, 0.5) is 10.5 Å². The topological polar surface area (TPSA) is 118 Å². The maximum absolute atomic E-state index is 12.8. The highest BCUT2D eigenvalue weighted by atomic mass is 16.6. The summed E-state index contributed by atoms with van der Waals surface area (Å²) in [6.07, 6.45) is 1.89. The van der Waals surface area contributed by atoms with Crippen LogP contribution in [0.5, 0.6) is 0 Å². The van der Waals surface area contributed by atoms with Crippen LogP contribution in [0.3, 0.4) is 0 Å². The van der Waals surface area contributed by atoms with E-state index in [1.54, 1.807) is 30.5 Å². The molecule has 2 N–H and O–H groups in total. The van der Waals surface area contributed by atoms with Gasteiger partial charge in [-0.25, -0.2) is 4.79 Å². The highest BCUT2D eigenvalue weighted by Gasteiger charge is 2.21. The molecule has 0 aliphatic carbocycles. The van der Waals surface area contributed by atoms with E-state index in [0.29, 0.717) is 28.6 Å². The van der Waals surface area contributed by atoms with Crippen LogP contribution in [-0.4, -0.2) is 59.8 Å². The zero-order chi connectivity index (χ0) is 28.4. The van der Waals surface area contributed by atoms with Gasteiger partial charge in [0.1, 0.15) is 11.2 Å². The Kier molecular flexibility index (Phi) is 7.25. The van der Waals surface area contributed by atoms with Crippen molar-refractivity contribution in [1.82, 2.24) is 9.47 Å². The summed E-state index contributed by atoms with van der Waals surface area (Å²) in [5.74, 6) is 6.05. The van der Waals surface area contributed by atoms with E-state index in [2.05, 4.69) is 27.7 Å². The van der Waals surface area contributed by atoms with E-state index in [9.17, 15) is 14.9 Å². The molecule has 1 saturated heterocycles. The summed E-state index contributed by atoms with van der Waals surface area (Å²) in [7, 11) is 0. The minimum atomic E-state index is -0.628. The van der Waals surface area contributed by atoms with Crippen molar-refractivity contribution in [2.45, 2.75) is 32.8 Å². The van der Waals surface area contributed by atoms with Gasteiger partial charge < -0.3 is 19.8 Å². The maximum Gasteiger partial charge on any atom is 0.419 e. The molecular formula is C31H31N5O4. The summed E-state index contributed by atoms with van der Waals surface area (Å²) in [6.45, 7) is 9.86. The number of rotatable bonds is 4. The summed E-state index contributed by atoms with van der Waals surface area (Å²) in [5, 5.41) is 11.0. The number of nitrogens with zero attached hydrogens (tertiary/aromatic N) is 4. The number of hydrogen-bond acceptors (Lipinski definition) is 7. The average molecular weight is 538 g/mol. The van der Waals surface area contributed by atoms with Gasteiger partial charge in [-0.1, -0.05) is 11.8 Å². The molecule has 5 rings (SSSR count). The quantitative estimate of drug-likeness (QED) is 0.375. The lowest BCUT2D eigenvalue weighted by molar-refractivity contribution is 0.0544. The van der Waals surface area contributed by atoms with E-state index in [-0.39, 0.29) is 5.76 Å². The molecule has 1 aliphatic rings. The number of amides is 1. The van der Waals surface area contributed by atoms with Crippen molar-refractivity contribution in [3.05, 3.63) is 65.5 Å². The molecule has 1 fully saturated rings. The Morgan fingerprint density at radius 2 is 1.85 bits per heavy atom. The SMILES string of the molecule is CC(C)(C)OC(=O)n1cc(C#CCCN2CCN(c3ccc4oc(C(N)=O)cc4c3)CC2)c2cc(C#N)ccc21. The van der Waals surface area contributed by atoms with Gasteiger partial charge in [0.25, 0.3) is 5.91 Å². The number of benzene rings is 2. The van der Waals surface area contributed by atoms with Gasteiger partial charge in [0.15, 0.2) is 5.76 Å². The number of anilines is 1. The van der Waals surface area contributed by atoms with Crippen LogP contribution in [0, 0.1) is 23.2 Å². The van der Waals surface area contributed by atoms with Crippen LogP contribution < -0.4 is 10.6 Å². The van der Waals surface area contributed by atoms with E-state index in [0.717, 1.165) is 49.2 Å². The van der Waals surface area contributed by atoms with E-state index in [1.807, 2.05) is 39.0 Å². The molecule has 3 heterocycles. The number of primary amides is 1. The minimum absolute atomic E-state index is 0.165. The van der Waals surface area contributed by atoms with E-state index >= 15 is 0 Å². The van der Waals surface area contributed by atoms with Gasteiger partial charge in [-0.05, 0) is 63.2 Å². The molecule has 0 atom stereocenters. The van der Waals surface area contributed by atoms with Crippen molar-refractivity contribution in [2.75, 3.05) is 37.6 Å². The first kappa shape index (κ1) is 26.9. The van der Waals surface area contributed by atoms with Gasteiger partial charge in [0, 0.05) is 61.8 Å². The highest BCUT2D eigenvalue weighted by molar-refractivity contribution is 5.96. The number of carbonyl (C=O) groups excluding carboxylic acids is 2. The van der Waals surface area contributed by atoms with Gasteiger partial charge in [-0.15, -0.1) is 0 Å². The zero-order valence-corrected chi connectivity index (χ0v) is 22.9. The second kappa shape index (κ2) is 10.8. The molecule has 4 aromatic rings. The Bertz CT molecular complexity index is 1700. The van der Waals surface area contributed by atoms with Crippen molar-refractivity contribution in [3.63, 3.8) is 0 Å². The number of hydrogen-bond donors (Lipinski definition) is 1. The molecule has 40 heavy (non-hydrogen) atoms. The van der Waals surface area contributed by atoms with Crippen molar-refractivity contribution < 1.29 is 18.7 Å². The second-order valence-electron chi connectivity index (χ2n) is 10.8. The van der Waals surface area contributed by atoms with Crippen LogP contribution in [0.15, 0.2) is 53.1 Å². The normalized spacial score (nSPS) is 14.1. The van der Waals surface area contributed by atoms with Crippen LogP contribution in [-0.2, 0) is 4.74 Å². The molecule has 9 nitrogen and oxygen atoms in total. The fourth-order valence-corrected chi connectivity index (χ4v) is 4.81. The molecule has 0 radical (unpaired) electrons. The number of carbonyl (C=O) groups is 2. The Hall–Kier alpha value is -4.73. The van der Waals surface area contributed by atoms with Crippen molar-refractivity contribution in [3.8, 4) is 17.9 Å². The van der Waals surface area contributed by atoms with Gasteiger partial charge in [-0.3, -0.25) is 14.3 Å². The Morgan fingerprint density at radius 1 is 1.07 bits per heavy atom. The fourth-order valence-electron chi connectivity index (χ4n) is 4.81. The van der Waals surface area contributed by atoms with Crippen LogP contribution >= 0.6 is 0 Å². The molecule has 0 spiro atoms. The number of nitriles is 1. The Labute approximate surface area is 232 Å². The molecule has 1 amide bonds. The lowest BCUT2D eigenvalue weighted by Gasteiger charge is -2.35. The van der Waals surface area contributed by atoms with Crippen molar-refractivity contribution in [2.24, 2.45) is 5.73 Å². The number of ether oxygens (including phenoxy) is 1. The molecule has 204 valence electrons. The van der Waals surface area contributed by atoms with Crippen molar-refractivity contribution in [1.29, 1.82) is 5.26 Å². The maximum atomic E-state index is 12.8. The lowest BCUT2D eigenvalue weighted by atomic mass is 10.1. The first-order valence-electron chi connectivity index (χ1n) is 13.2. The largest absolute Gasteiger partial charge is 0.451 e. The van der Waals surface area contributed by atoms with Gasteiger partial charge in [0.2, 0.25) is 0 Å². The summed E-state index contributed by atoms with van der Waals surface area (Å²) in [4.78, 5) is 28.9. The Balaban J connectivity index is 1.22. The number of fused-ring (bicyclic) bond motifs is 2. The number of furan rings is 1. The van der Waals surface area contributed by atoms with Gasteiger partial charge in [-0.2, -0.15) is 5.26 Å². The monoisotopic (exact) mass is 537 g/mol. The molecule has 0 unspecified atom stereocenters. The third-order valence-electron chi connectivity index (χ3n) is 6.78. The number of nitrogens with two attached hydrogens (primary N) is 1. The summed E-state index contributed by atoms with van der Waals surface area (Å²) in [6, 6.07) is 14.9. The minimum Gasteiger partial charge on any atom is -0.451 e.